The summed E-state index contributed by atoms with van der Waals surface area (Å²) >= 11 is 0. The van der Waals surface area contributed by atoms with Crippen LogP contribution >= 0.6 is 0 Å². The molecule has 84 valence electrons. The standard InChI is InChI=1S/C12H16N4/c1-10-8-14-5-6-16(10)9-11-3-2-4-15-12(11)7-13/h2-4,10,14H,5-6,8-9H2,1H3/t10-/m1/s1. The normalized spacial score (nSPS) is 21.6. The van der Waals surface area contributed by atoms with E-state index in [-0.39, 0.29) is 0 Å². The van der Waals surface area contributed by atoms with Crippen molar-refractivity contribution < 1.29 is 0 Å². The fourth-order valence-corrected chi connectivity index (χ4v) is 2.00. The molecule has 16 heavy (non-hydrogen) atoms. The summed E-state index contributed by atoms with van der Waals surface area (Å²) in [5.41, 5.74) is 1.58. The highest BCUT2D eigenvalue weighted by Gasteiger charge is 2.18. The SMILES string of the molecule is C[C@@H]1CNCCN1Cc1cccnc1C#N. The maximum atomic E-state index is 8.97. The van der Waals surface area contributed by atoms with Gasteiger partial charge in [0.15, 0.2) is 0 Å². The van der Waals surface area contributed by atoms with E-state index in [2.05, 4.69) is 28.2 Å². The van der Waals surface area contributed by atoms with Crippen molar-refractivity contribution in [2.45, 2.75) is 19.5 Å². The van der Waals surface area contributed by atoms with Crippen molar-refractivity contribution in [2.24, 2.45) is 0 Å². The molecule has 1 aliphatic rings. The lowest BCUT2D eigenvalue weighted by Gasteiger charge is -2.33. The Hall–Kier alpha value is -1.44. The average molecular weight is 216 g/mol. The molecule has 0 aliphatic carbocycles. The summed E-state index contributed by atoms with van der Waals surface area (Å²) in [4.78, 5) is 6.47. The van der Waals surface area contributed by atoms with E-state index in [1.165, 1.54) is 0 Å². The van der Waals surface area contributed by atoms with Crippen molar-refractivity contribution in [1.82, 2.24) is 15.2 Å². The van der Waals surface area contributed by atoms with Gasteiger partial charge in [0.25, 0.3) is 0 Å². The van der Waals surface area contributed by atoms with E-state index in [1.807, 2.05) is 12.1 Å². The second-order valence-electron chi connectivity index (χ2n) is 4.15. The highest BCUT2D eigenvalue weighted by Crippen LogP contribution is 2.11. The van der Waals surface area contributed by atoms with Crippen LogP contribution in [0.15, 0.2) is 18.3 Å². The van der Waals surface area contributed by atoms with Crippen molar-refractivity contribution >= 4 is 0 Å². The largest absolute Gasteiger partial charge is 0.314 e. The molecule has 0 amide bonds. The minimum atomic E-state index is 0.514. The Morgan fingerprint density at radius 2 is 2.56 bits per heavy atom. The van der Waals surface area contributed by atoms with E-state index < -0.39 is 0 Å². The minimum absolute atomic E-state index is 0.514. The van der Waals surface area contributed by atoms with E-state index in [9.17, 15) is 0 Å². The molecule has 1 fully saturated rings. The Morgan fingerprint density at radius 1 is 1.69 bits per heavy atom. The van der Waals surface area contributed by atoms with Crippen LogP contribution in [0.4, 0.5) is 0 Å². The molecule has 0 spiro atoms. The van der Waals surface area contributed by atoms with E-state index in [1.54, 1.807) is 6.20 Å². The summed E-state index contributed by atoms with van der Waals surface area (Å²) in [5.74, 6) is 0. The Bertz CT molecular complexity index is 396. The molecular weight excluding hydrogens is 200 g/mol. The Kier molecular flexibility index (Phi) is 3.50. The van der Waals surface area contributed by atoms with Gasteiger partial charge in [-0.3, -0.25) is 4.90 Å². The third-order valence-corrected chi connectivity index (χ3v) is 3.01. The third kappa shape index (κ3) is 2.38. The van der Waals surface area contributed by atoms with Gasteiger partial charge < -0.3 is 5.32 Å². The van der Waals surface area contributed by atoms with Crippen LogP contribution in [-0.2, 0) is 6.54 Å². The molecule has 0 aromatic carbocycles. The molecule has 1 N–H and O–H groups in total. The van der Waals surface area contributed by atoms with Crippen molar-refractivity contribution in [1.29, 1.82) is 5.26 Å². The summed E-state index contributed by atoms with van der Waals surface area (Å²) in [6, 6.07) is 6.54. The quantitative estimate of drug-likeness (QED) is 0.792. The average Bonchev–Trinajstić information content (AvgIpc) is 2.33. The van der Waals surface area contributed by atoms with Gasteiger partial charge >= 0.3 is 0 Å². The lowest BCUT2D eigenvalue weighted by atomic mass is 10.1. The molecule has 4 heteroatoms. The molecule has 1 aromatic rings. The van der Waals surface area contributed by atoms with E-state index >= 15 is 0 Å². The fraction of sp³-hybridized carbons (Fsp3) is 0.500. The van der Waals surface area contributed by atoms with Gasteiger partial charge in [-0.2, -0.15) is 5.26 Å². The molecule has 1 aromatic heterocycles. The van der Waals surface area contributed by atoms with Crippen molar-refractivity contribution in [3.05, 3.63) is 29.6 Å². The monoisotopic (exact) mass is 216 g/mol. The van der Waals surface area contributed by atoms with Crippen LogP contribution in [0.5, 0.6) is 0 Å². The van der Waals surface area contributed by atoms with Crippen LogP contribution < -0.4 is 5.32 Å². The number of nitriles is 1. The van der Waals surface area contributed by atoms with Crippen LogP contribution in [0, 0.1) is 11.3 Å². The Labute approximate surface area is 95.9 Å². The summed E-state index contributed by atoms with van der Waals surface area (Å²) in [5, 5.41) is 12.3. The fourth-order valence-electron chi connectivity index (χ4n) is 2.00. The number of piperazine rings is 1. The molecule has 0 unspecified atom stereocenters. The zero-order valence-electron chi connectivity index (χ0n) is 9.48. The van der Waals surface area contributed by atoms with Gasteiger partial charge in [-0.1, -0.05) is 6.07 Å². The molecular formula is C12H16N4. The molecule has 1 saturated heterocycles. The molecule has 0 radical (unpaired) electrons. The highest BCUT2D eigenvalue weighted by molar-refractivity contribution is 5.30. The zero-order valence-corrected chi connectivity index (χ0v) is 9.48. The van der Waals surface area contributed by atoms with E-state index in [4.69, 9.17) is 5.26 Å². The van der Waals surface area contributed by atoms with E-state index in [0.717, 1.165) is 31.7 Å². The molecule has 1 aliphatic heterocycles. The zero-order chi connectivity index (χ0) is 11.4. The molecule has 1 atom stereocenters. The van der Waals surface area contributed by atoms with Crippen LogP contribution in [0.1, 0.15) is 18.2 Å². The molecule has 2 rings (SSSR count). The number of pyridine rings is 1. The van der Waals surface area contributed by atoms with Gasteiger partial charge in [0.05, 0.1) is 0 Å². The van der Waals surface area contributed by atoms with Crippen LogP contribution in [0.2, 0.25) is 0 Å². The van der Waals surface area contributed by atoms with Crippen LogP contribution in [0.25, 0.3) is 0 Å². The number of aromatic nitrogens is 1. The van der Waals surface area contributed by atoms with Gasteiger partial charge in [0.1, 0.15) is 11.8 Å². The van der Waals surface area contributed by atoms with Crippen molar-refractivity contribution in [3.63, 3.8) is 0 Å². The first-order valence-corrected chi connectivity index (χ1v) is 5.60. The second kappa shape index (κ2) is 5.06. The minimum Gasteiger partial charge on any atom is -0.314 e. The Morgan fingerprint density at radius 3 is 3.31 bits per heavy atom. The van der Waals surface area contributed by atoms with Gasteiger partial charge in [0.2, 0.25) is 0 Å². The summed E-state index contributed by atoms with van der Waals surface area (Å²) in [7, 11) is 0. The maximum Gasteiger partial charge on any atom is 0.144 e. The van der Waals surface area contributed by atoms with Gasteiger partial charge in [0, 0.05) is 44.0 Å². The number of nitrogens with one attached hydrogen (secondary N) is 1. The maximum absolute atomic E-state index is 8.97. The number of hydrogen-bond acceptors (Lipinski definition) is 4. The summed E-state index contributed by atoms with van der Waals surface area (Å²) in [6.45, 7) is 6.09. The smallest absolute Gasteiger partial charge is 0.144 e. The van der Waals surface area contributed by atoms with Gasteiger partial charge in [-0.25, -0.2) is 4.98 Å². The lowest BCUT2D eigenvalue weighted by molar-refractivity contribution is 0.165. The molecule has 4 nitrogen and oxygen atoms in total. The first kappa shape index (κ1) is 11.1. The highest BCUT2D eigenvalue weighted by atomic mass is 15.2. The number of rotatable bonds is 2. The summed E-state index contributed by atoms with van der Waals surface area (Å²) < 4.78 is 0. The predicted octanol–water partition coefficient (Wildman–Crippen LogP) is 0.747. The van der Waals surface area contributed by atoms with E-state index in [0.29, 0.717) is 11.7 Å². The van der Waals surface area contributed by atoms with Crippen molar-refractivity contribution in [3.8, 4) is 6.07 Å². The van der Waals surface area contributed by atoms with Gasteiger partial charge in [-0.05, 0) is 13.0 Å². The van der Waals surface area contributed by atoms with Crippen LogP contribution in [-0.4, -0.2) is 35.6 Å². The first-order valence-electron chi connectivity index (χ1n) is 5.60. The van der Waals surface area contributed by atoms with Crippen molar-refractivity contribution in [2.75, 3.05) is 19.6 Å². The second-order valence-corrected chi connectivity index (χ2v) is 4.15. The Balaban J connectivity index is 2.11. The number of hydrogen-bond donors (Lipinski definition) is 1. The molecule has 0 saturated carbocycles. The molecule has 2 heterocycles. The third-order valence-electron chi connectivity index (χ3n) is 3.01. The van der Waals surface area contributed by atoms with Gasteiger partial charge in [-0.15, -0.1) is 0 Å². The lowest BCUT2D eigenvalue weighted by Crippen LogP contribution is -2.49. The number of nitrogens with zero attached hydrogens (tertiary/aromatic N) is 3. The topological polar surface area (TPSA) is 52.0 Å². The first-order chi connectivity index (χ1) is 7.81. The predicted molar refractivity (Wildman–Crippen MR) is 61.7 cm³/mol. The van der Waals surface area contributed by atoms with Crippen LogP contribution in [0.3, 0.4) is 0 Å². The summed E-state index contributed by atoms with van der Waals surface area (Å²) in [6.07, 6.45) is 1.67. The molecule has 0 bridgehead atoms.